The lowest BCUT2D eigenvalue weighted by atomic mass is 10.1. The summed E-state index contributed by atoms with van der Waals surface area (Å²) in [5, 5.41) is 9.05. The van der Waals surface area contributed by atoms with Crippen LogP contribution in [0.15, 0.2) is 36.5 Å². The van der Waals surface area contributed by atoms with Crippen molar-refractivity contribution in [2.75, 3.05) is 0 Å². The van der Waals surface area contributed by atoms with Crippen molar-refractivity contribution in [2.45, 2.75) is 25.9 Å². The predicted octanol–water partition coefficient (Wildman–Crippen LogP) is 2.44. The van der Waals surface area contributed by atoms with E-state index < -0.39 is 0 Å². The van der Waals surface area contributed by atoms with Gasteiger partial charge in [-0.15, -0.1) is 0 Å². The molecule has 0 aliphatic rings. The van der Waals surface area contributed by atoms with Crippen LogP contribution in [0.3, 0.4) is 0 Å². The molecule has 0 radical (unpaired) electrons. The van der Waals surface area contributed by atoms with Crippen LogP contribution in [0.1, 0.15) is 23.7 Å². The summed E-state index contributed by atoms with van der Waals surface area (Å²) in [6.07, 6.45) is 2.67. The Bertz CT molecular complexity index is 608. The van der Waals surface area contributed by atoms with Gasteiger partial charge in [0.15, 0.2) is 0 Å². The highest BCUT2D eigenvalue weighted by molar-refractivity contribution is 5.38. The number of rotatable bonds is 4. The van der Waals surface area contributed by atoms with Crippen LogP contribution in [-0.4, -0.2) is 10.6 Å². The van der Waals surface area contributed by atoms with Gasteiger partial charge in [-0.1, -0.05) is 0 Å². The van der Waals surface area contributed by atoms with E-state index in [0.29, 0.717) is 17.7 Å². The molecule has 4 heteroatoms. The van der Waals surface area contributed by atoms with Crippen molar-refractivity contribution in [3.05, 3.63) is 59.2 Å². The maximum Gasteiger partial charge on any atom is 0.123 e. The molecule has 0 fully saturated rings. The Morgan fingerprint density at radius 2 is 2.21 bits per heavy atom. The predicted molar refractivity (Wildman–Crippen MR) is 72.0 cm³/mol. The second kappa shape index (κ2) is 5.68. The third kappa shape index (κ3) is 3.21. The minimum absolute atomic E-state index is 0.0663. The zero-order valence-corrected chi connectivity index (χ0v) is 10.8. The van der Waals surface area contributed by atoms with Crippen molar-refractivity contribution in [1.29, 1.82) is 5.26 Å². The Morgan fingerprint density at radius 1 is 1.42 bits per heavy atom. The van der Waals surface area contributed by atoms with Crippen LogP contribution in [-0.2, 0) is 13.0 Å². The molecule has 0 amide bonds. The first-order valence-corrected chi connectivity index (χ1v) is 6.18. The zero-order valence-electron chi connectivity index (χ0n) is 10.8. The first-order chi connectivity index (χ1) is 9.10. The summed E-state index contributed by atoms with van der Waals surface area (Å²) < 4.78 is 15.3. The highest BCUT2D eigenvalue weighted by Gasteiger charge is 2.08. The molecular formula is C15H16FN3. The topological polar surface area (TPSA) is 54.7 Å². The van der Waals surface area contributed by atoms with E-state index in [4.69, 9.17) is 11.0 Å². The maximum atomic E-state index is 13.3. The molecule has 1 aromatic carbocycles. The smallest absolute Gasteiger partial charge is 0.123 e. The number of nitriles is 1. The number of halogens is 1. The Balaban J connectivity index is 2.29. The lowest BCUT2D eigenvalue weighted by molar-refractivity contribution is 0.620. The number of nitrogens with two attached hydrogens (primary N) is 1. The normalized spacial score (nSPS) is 12.1. The van der Waals surface area contributed by atoms with Gasteiger partial charge in [-0.2, -0.15) is 5.26 Å². The highest BCUT2D eigenvalue weighted by Crippen LogP contribution is 2.14. The Morgan fingerprint density at radius 3 is 2.89 bits per heavy atom. The van der Waals surface area contributed by atoms with Crippen LogP contribution in [0.25, 0.3) is 0 Å². The third-order valence-corrected chi connectivity index (χ3v) is 2.98. The summed E-state index contributed by atoms with van der Waals surface area (Å²) in [6, 6.07) is 10.3. The van der Waals surface area contributed by atoms with E-state index in [-0.39, 0.29) is 11.9 Å². The minimum Gasteiger partial charge on any atom is -0.347 e. The van der Waals surface area contributed by atoms with Crippen molar-refractivity contribution in [3.63, 3.8) is 0 Å². The van der Waals surface area contributed by atoms with Gasteiger partial charge < -0.3 is 10.3 Å². The van der Waals surface area contributed by atoms with Crippen molar-refractivity contribution in [2.24, 2.45) is 5.73 Å². The molecule has 1 heterocycles. The van der Waals surface area contributed by atoms with Gasteiger partial charge in [-0.25, -0.2) is 4.39 Å². The molecule has 1 unspecified atom stereocenters. The number of hydrogen-bond donors (Lipinski definition) is 1. The van der Waals surface area contributed by atoms with E-state index in [1.165, 1.54) is 18.2 Å². The molecule has 0 aliphatic carbocycles. The number of nitrogens with zero attached hydrogens (tertiary/aromatic N) is 2. The van der Waals surface area contributed by atoms with E-state index in [2.05, 4.69) is 6.07 Å². The lowest BCUT2D eigenvalue weighted by Gasteiger charge is -2.12. The summed E-state index contributed by atoms with van der Waals surface area (Å²) in [6.45, 7) is 2.43. The molecule has 2 rings (SSSR count). The fourth-order valence-corrected chi connectivity index (χ4v) is 2.10. The second-order valence-corrected chi connectivity index (χ2v) is 4.72. The molecule has 0 spiro atoms. The maximum absolute atomic E-state index is 13.3. The van der Waals surface area contributed by atoms with Gasteiger partial charge in [0.2, 0.25) is 0 Å². The average Bonchev–Trinajstić information content (AvgIpc) is 2.76. The highest BCUT2D eigenvalue weighted by atomic mass is 19.1. The molecule has 19 heavy (non-hydrogen) atoms. The molecular weight excluding hydrogens is 241 g/mol. The monoisotopic (exact) mass is 257 g/mol. The van der Waals surface area contributed by atoms with E-state index >= 15 is 0 Å². The largest absolute Gasteiger partial charge is 0.347 e. The van der Waals surface area contributed by atoms with Crippen LogP contribution in [0.4, 0.5) is 4.39 Å². The van der Waals surface area contributed by atoms with Crippen LogP contribution in [0.2, 0.25) is 0 Å². The van der Waals surface area contributed by atoms with Gasteiger partial charge in [-0.05, 0) is 42.8 Å². The quantitative estimate of drug-likeness (QED) is 0.914. The fourth-order valence-electron chi connectivity index (χ4n) is 2.10. The first kappa shape index (κ1) is 13.3. The van der Waals surface area contributed by atoms with Crippen LogP contribution < -0.4 is 5.73 Å². The van der Waals surface area contributed by atoms with E-state index in [1.807, 2.05) is 29.8 Å². The number of aromatic nitrogens is 1. The van der Waals surface area contributed by atoms with Crippen molar-refractivity contribution in [1.82, 2.24) is 4.57 Å². The molecule has 2 N–H and O–H groups in total. The van der Waals surface area contributed by atoms with Crippen molar-refractivity contribution in [3.8, 4) is 6.07 Å². The summed E-state index contributed by atoms with van der Waals surface area (Å²) in [4.78, 5) is 0. The van der Waals surface area contributed by atoms with Crippen molar-refractivity contribution < 1.29 is 4.39 Å². The van der Waals surface area contributed by atoms with E-state index in [9.17, 15) is 4.39 Å². The van der Waals surface area contributed by atoms with Gasteiger partial charge in [0.1, 0.15) is 5.82 Å². The van der Waals surface area contributed by atoms with Gasteiger partial charge >= 0.3 is 0 Å². The summed E-state index contributed by atoms with van der Waals surface area (Å²) in [5.41, 5.74) is 8.07. The van der Waals surface area contributed by atoms with Crippen LogP contribution in [0.5, 0.6) is 0 Å². The Hall–Kier alpha value is -2.12. The number of hydrogen-bond acceptors (Lipinski definition) is 2. The Kier molecular flexibility index (Phi) is 3.98. The SMILES string of the molecule is CC(N)Cc1cccn1Cc1cc(F)ccc1C#N. The van der Waals surface area contributed by atoms with Gasteiger partial charge in [-0.3, -0.25) is 0 Å². The summed E-state index contributed by atoms with van der Waals surface area (Å²) in [7, 11) is 0. The molecule has 0 bridgehead atoms. The van der Waals surface area contributed by atoms with E-state index in [1.54, 1.807) is 0 Å². The number of benzene rings is 1. The van der Waals surface area contributed by atoms with Gasteiger partial charge in [0, 0.05) is 30.9 Å². The zero-order chi connectivity index (χ0) is 13.8. The standard InChI is InChI=1S/C15H16FN3/c1-11(18)7-15-3-2-6-19(15)10-13-8-14(16)5-4-12(13)9-17/h2-6,8,11H,7,10,18H2,1H3. The third-order valence-electron chi connectivity index (χ3n) is 2.98. The molecule has 3 nitrogen and oxygen atoms in total. The average molecular weight is 257 g/mol. The fraction of sp³-hybridized carbons (Fsp3) is 0.267. The molecule has 1 atom stereocenters. The molecule has 1 aromatic heterocycles. The minimum atomic E-state index is -0.324. The molecule has 2 aromatic rings. The van der Waals surface area contributed by atoms with E-state index in [0.717, 1.165) is 12.1 Å². The Labute approximate surface area is 112 Å². The second-order valence-electron chi connectivity index (χ2n) is 4.72. The molecule has 98 valence electrons. The van der Waals surface area contributed by atoms with Gasteiger partial charge in [0.25, 0.3) is 0 Å². The summed E-state index contributed by atoms with van der Waals surface area (Å²) >= 11 is 0. The molecule has 0 saturated heterocycles. The first-order valence-electron chi connectivity index (χ1n) is 6.18. The summed E-state index contributed by atoms with van der Waals surface area (Å²) in [5.74, 6) is -0.324. The van der Waals surface area contributed by atoms with Crippen LogP contribution >= 0.6 is 0 Å². The molecule has 0 saturated carbocycles. The van der Waals surface area contributed by atoms with Gasteiger partial charge in [0.05, 0.1) is 11.6 Å². The lowest BCUT2D eigenvalue weighted by Crippen LogP contribution is -2.20. The molecule has 0 aliphatic heterocycles. The van der Waals surface area contributed by atoms with Crippen molar-refractivity contribution >= 4 is 0 Å². The van der Waals surface area contributed by atoms with Crippen LogP contribution in [0, 0.1) is 17.1 Å².